The molecule has 0 spiro atoms. The van der Waals surface area contributed by atoms with Crippen molar-refractivity contribution in [1.29, 1.82) is 0 Å². The molecule has 1 heterocycles. The van der Waals surface area contributed by atoms with Gasteiger partial charge in [-0.25, -0.2) is 4.79 Å². The zero-order valence-corrected chi connectivity index (χ0v) is 11.0. The number of aryl methyl sites for hydroxylation is 1. The highest BCUT2D eigenvalue weighted by Crippen LogP contribution is 2.32. The van der Waals surface area contributed by atoms with Crippen LogP contribution in [0.25, 0.3) is 0 Å². The molecule has 1 fully saturated rings. The standard InChI is InChI=1S/C14H20N2O2/c1-10-8-12(11(9-15-10)13(17)18)16-14(2)6-4-3-5-7-14/h8-9H,3-7H2,1-2H3,(H,15,16)(H,17,18). The van der Waals surface area contributed by atoms with Crippen molar-refractivity contribution >= 4 is 11.7 Å². The van der Waals surface area contributed by atoms with Gasteiger partial charge in [0.05, 0.1) is 5.69 Å². The third-order valence-electron chi connectivity index (χ3n) is 3.66. The average Bonchev–Trinajstić information content (AvgIpc) is 2.28. The molecule has 0 bridgehead atoms. The van der Waals surface area contributed by atoms with Crippen LogP contribution < -0.4 is 5.32 Å². The first-order chi connectivity index (χ1) is 8.50. The van der Waals surface area contributed by atoms with E-state index in [2.05, 4.69) is 17.2 Å². The van der Waals surface area contributed by atoms with E-state index in [9.17, 15) is 9.90 Å². The van der Waals surface area contributed by atoms with Crippen molar-refractivity contribution in [3.05, 3.63) is 23.5 Å². The lowest BCUT2D eigenvalue weighted by Crippen LogP contribution is -2.37. The highest BCUT2D eigenvalue weighted by Gasteiger charge is 2.27. The van der Waals surface area contributed by atoms with Gasteiger partial charge in [0.25, 0.3) is 0 Å². The van der Waals surface area contributed by atoms with Crippen molar-refractivity contribution in [1.82, 2.24) is 4.98 Å². The van der Waals surface area contributed by atoms with Crippen molar-refractivity contribution in [2.24, 2.45) is 0 Å². The molecule has 2 rings (SSSR count). The van der Waals surface area contributed by atoms with Crippen molar-refractivity contribution in [3.8, 4) is 0 Å². The minimum Gasteiger partial charge on any atom is -0.478 e. The van der Waals surface area contributed by atoms with E-state index in [-0.39, 0.29) is 11.1 Å². The SMILES string of the molecule is Cc1cc(NC2(C)CCCCC2)c(C(=O)O)cn1. The first-order valence-electron chi connectivity index (χ1n) is 6.48. The Morgan fingerprint density at radius 2 is 2.06 bits per heavy atom. The third kappa shape index (κ3) is 2.81. The molecule has 1 saturated carbocycles. The Hall–Kier alpha value is -1.58. The van der Waals surface area contributed by atoms with E-state index in [4.69, 9.17) is 0 Å². The second-order valence-corrected chi connectivity index (χ2v) is 5.42. The zero-order chi connectivity index (χ0) is 13.2. The number of rotatable bonds is 3. The van der Waals surface area contributed by atoms with Gasteiger partial charge < -0.3 is 10.4 Å². The van der Waals surface area contributed by atoms with Crippen LogP contribution in [-0.4, -0.2) is 21.6 Å². The molecule has 4 nitrogen and oxygen atoms in total. The Balaban J connectivity index is 2.26. The molecule has 0 saturated heterocycles. The van der Waals surface area contributed by atoms with E-state index in [0.717, 1.165) is 18.5 Å². The first kappa shape index (κ1) is 12.9. The van der Waals surface area contributed by atoms with Crippen LogP contribution in [0.3, 0.4) is 0 Å². The number of hydrogen-bond acceptors (Lipinski definition) is 3. The molecule has 0 aliphatic heterocycles. The lowest BCUT2D eigenvalue weighted by Gasteiger charge is -2.36. The molecule has 1 aromatic rings. The van der Waals surface area contributed by atoms with Crippen LogP contribution in [-0.2, 0) is 0 Å². The highest BCUT2D eigenvalue weighted by atomic mass is 16.4. The van der Waals surface area contributed by atoms with E-state index >= 15 is 0 Å². The Kier molecular flexibility index (Phi) is 3.55. The van der Waals surface area contributed by atoms with Crippen molar-refractivity contribution in [2.45, 2.75) is 51.5 Å². The maximum absolute atomic E-state index is 11.2. The van der Waals surface area contributed by atoms with Gasteiger partial charge in [-0.05, 0) is 32.8 Å². The fourth-order valence-electron chi connectivity index (χ4n) is 2.62. The number of hydrogen-bond donors (Lipinski definition) is 2. The summed E-state index contributed by atoms with van der Waals surface area (Å²) in [6, 6.07) is 1.82. The number of carbonyl (C=O) groups is 1. The molecule has 0 amide bonds. The maximum atomic E-state index is 11.2. The summed E-state index contributed by atoms with van der Waals surface area (Å²) in [5.41, 5.74) is 1.80. The number of anilines is 1. The number of nitrogens with one attached hydrogen (secondary N) is 1. The van der Waals surface area contributed by atoms with Gasteiger partial charge in [0.15, 0.2) is 0 Å². The number of pyridine rings is 1. The van der Waals surface area contributed by atoms with E-state index < -0.39 is 5.97 Å². The predicted molar refractivity (Wildman–Crippen MR) is 71.0 cm³/mol. The third-order valence-corrected chi connectivity index (χ3v) is 3.66. The van der Waals surface area contributed by atoms with Crippen LogP contribution in [0.1, 0.15) is 55.1 Å². The monoisotopic (exact) mass is 248 g/mol. The largest absolute Gasteiger partial charge is 0.478 e. The molecule has 1 aliphatic carbocycles. The average molecular weight is 248 g/mol. The number of aromatic nitrogens is 1. The van der Waals surface area contributed by atoms with E-state index in [0.29, 0.717) is 5.69 Å². The van der Waals surface area contributed by atoms with Gasteiger partial charge in [-0.1, -0.05) is 19.3 Å². The summed E-state index contributed by atoms with van der Waals surface area (Å²) in [7, 11) is 0. The Morgan fingerprint density at radius 1 is 1.39 bits per heavy atom. The Labute approximate surface area is 107 Å². The summed E-state index contributed by atoms with van der Waals surface area (Å²) < 4.78 is 0. The van der Waals surface area contributed by atoms with Crippen molar-refractivity contribution in [3.63, 3.8) is 0 Å². The maximum Gasteiger partial charge on any atom is 0.339 e. The van der Waals surface area contributed by atoms with E-state index in [1.54, 1.807) is 0 Å². The summed E-state index contributed by atoms with van der Waals surface area (Å²) in [6.45, 7) is 4.05. The lowest BCUT2D eigenvalue weighted by atomic mass is 9.83. The van der Waals surface area contributed by atoms with Gasteiger partial charge in [0.2, 0.25) is 0 Å². The Bertz CT molecular complexity index is 451. The number of carboxylic acids is 1. The van der Waals surface area contributed by atoms with Crippen LogP contribution in [0, 0.1) is 6.92 Å². The lowest BCUT2D eigenvalue weighted by molar-refractivity contribution is 0.0697. The molecular weight excluding hydrogens is 228 g/mol. The molecule has 2 N–H and O–H groups in total. The summed E-state index contributed by atoms with van der Waals surface area (Å²) in [6.07, 6.45) is 7.30. The smallest absolute Gasteiger partial charge is 0.339 e. The summed E-state index contributed by atoms with van der Waals surface area (Å²) in [4.78, 5) is 15.3. The van der Waals surface area contributed by atoms with Crippen LogP contribution in [0.5, 0.6) is 0 Å². The van der Waals surface area contributed by atoms with E-state index in [1.165, 1.54) is 25.5 Å². The van der Waals surface area contributed by atoms with Crippen LogP contribution >= 0.6 is 0 Å². The minimum absolute atomic E-state index is 0.0102. The first-order valence-corrected chi connectivity index (χ1v) is 6.48. The second kappa shape index (κ2) is 4.96. The summed E-state index contributed by atoms with van der Waals surface area (Å²) in [5.74, 6) is -0.926. The van der Waals surface area contributed by atoms with Gasteiger partial charge in [0.1, 0.15) is 5.56 Å². The molecule has 98 valence electrons. The predicted octanol–water partition coefficient (Wildman–Crippen LogP) is 3.22. The molecule has 0 unspecified atom stereocenters. The van der Waals surface area contributed by atoms with Crippen molar-refractivity contribution < 1.29 is 9.90 Å². The number of nitrogens with zero attached hydrogens (tertiary/aromatic N) is 1. The quantitative estimate of drug-likeness (QED) is 0.862. The normalized spacial score (nSPS) is 18.3. The van der Waals surface area contributed by atoms with Crippen molar-refractivity contribution in [2.75, 3.05) is 5.32 Å². The van der Waals surface area contributed by atoms with Gasteiger partial charge in [-0.2, -0.15) is 0 Å². The molecule has 0 aromatic carbocycles. The zero-order valence-electron chi connectivity index (χ0n) is 11.0. The number of carboxylic acid groups (broad SMARTS) is 1. The fraction of sp³-hybridized carbons (Fsp3) is 0.571. The van der Waals surface area contributed by atoms with E-state index in [1.807, 2.05) is 13.0 Å². The second-order valence-electron chi connectivity index (χ2n) is 5.42. The minimum atomic E-state index is -0.926. The highest BCUT2D eigenvalue weighted by molar-refractivity contribution is 5.94. The fourth-order valence-corrected chi connectivity index (χ4v) is 2.62. The Morgan fingerprint density at radius 3 is 2.67 bits per heavy atom. The molecular formula is C14H20N2O2. The van der Waals surface area contributed by atoms with Gasteiger partial charge in [0, 0.05) is 17.4 Å². The summed E-state index contributed by atoms with van der Waals surface area (Å²) >= 11 is 0. The van der Waals surface area contributed by atoms with Gasteiger partial charge in [-0.15, -0.1) is 0 Å². The van der Waals surface area contributed by atoms with Crippen LogP contribution in [0.2, 0.25) is 0 Å². The molecule has 0 atom stereocenters. The molecule has 18 heavy (non-hydrogen) atoms. The molecule has 4 heteroatoms. The molecule has 1 aliphatic rings. The molecule has 1 aromatic heterocycles. The number of aromatic carboxylic acids is 1. The van der Waals surface area contributed by atoms with Crippen LogP contribution in [0.15, 0.2) is 12.3 Å². The van der Waals surface area contributed by atoms with Gasteiger partial charge in [-0.3, -0.25) is 4.98 Å². The summed E-state index contributed by atoms with van der Waals surface area (Å²) in [5, 5.41) is 12.6. The van der Waals surface area contributed by atoms with Gasteiger partial charge >= 0.3 is 5.97 Å². The topological polar surface area (TPSA) is 62.2 Å². The van der Waals surface area contributed by atoms with Crippen LogP contribution in [0.4, 0.5) is 5.69 Å². The molecule has 0 radical (unpaired) electrons.